The predicted molar refractivity (Wildman–Crippen MR) is 127 cm³/mol. The molecule has 11 heteroatoms. The molecule has 0 saturated carbocycles. The van der Waals surface area contributed by atoms with Gasteiger partial charge >= 0.3 is 5.97 Å². The zero-order valence-electron chi connectivity index (χ0n) is 17.8. The fourth-order valence-corrected chi connectivity index (χ4v) is 4.65. The topological polar surface area (TPSA) is 127 Å². The van der Waals surface area contributed by atoms with Gasteiger partial charge in [0.2, 0.25) is 11.3 Å². The standard InChI is InChI=1S/C23H20BrFN4O5/c24-7-18(30)27-8-11-1-2-16-17(5-11)34-22-19-13(21(31)14(23(32)33)10-29(16)19)6-15(25)20(22)28-4-3-12(26)9-28/h1-2,5-6,10,12H,3-4,7-9,26H2,(H,27,30)(H,32,33). The molecule has 0 bridgehead atoms. The van der Waals surface area contributed by atoms with E-state index >= 15 is 4.39 Å². The summed E-state index contributed by atoms with van der Waals surface area (Å²) in [5.74, 6) is -1.81. The van der Waals surface area contributed by atoms with Crippen LogP contribution in [0.15, 0.2) is 35.3 Å². The number of anilines is 1. The van der Waals surface area contributed by atoms with E-state index in [1.54, 1.807) is 27.7 Å². The van der Waals surface area contributed by atoms with E-state index in [-0.39, 0.29) is 40.6 Å². The lowest BCUT2D eigenvalue weighted by atomic mass is 10.0. The second-order valence-corrected chi connectivity index (χ2v) is 8.85. The molecule has 9 nitrogen and oxygen atoms in total. The number of pyridine rings is 1. The second-order valence-electron chi connectivity index (χ2n) is 8.29. The number of hydrogen-bond donors (Lipinski definition) is 3. The third-order valence-corrected chi connectivity index (χ3v) is 6.56. The van der Waals surface area contributed by atoms with E-state index in [0.717, 1.165) is 11.6 Å². The Morgan fingerprint density at radius 3 is 2.79 bits per heavy atom. The zero-order chi connectivity index (χ0) is 24.1. The number of hydrogen-bond acceptors (Lipinski definition) is 6. The van der Waals surface area contributed by atoms with Crippen molar-refractivity contribution in [2.75, 3.05) is 23.3 Å². The number of carboxylic acids is 1. The molecule has 1 atom stereocenters. The number of halogens is 2. The summed E-state index contributed by atoms with van der Waals surface area (Å²) in [5.41, 5.74) is 6.47. The van der Waals surface area contributed by atoms with Gasteiger partial charge in [0.05, 0.1) is 16.4 Å². The SMILES string of the molecule is NC1CCN(c2c(F)cc3c(=O)c(C(=O)O)cn4c3c2Oc2cc(CNC(=O)CBr)ccc2-4)C1. The number of fused-ring (bicyclic) bond motifs is 2. The Balaban J connectivity index is 1.74. The van der Waals surface area contributed by atoms with Crippen LogP contribution in [0.3, 0.4) is 0 Å². The molecule has 1 aromatic heterocycles. The molecular weight excluding hydrogens is 511 g/mol. The molecule has 3 heterocycles. The van der Waals surface area contributed by atoms with Crippen LogP contribution in [0.1, 0.15) is 22.3 Å². The molecule has 0 spiro atoms. The highest BCUT2D eigenvalue weighted by molar-refractivity contribution is 9.09. The maximum Gasteiger partial charge on any atom is 0.341 e. The summed E-state index contributed by atoms with van der Waals surface area (Å²) >= 11 is 3.10. The molecule has 1 saturated heterocycles. The summed E-state index contributed by atoms with van der Waals surface area (Å²) in [6.07, 6.45) is 1.91. The van der Waals surface area contributed by atoms with Crippen LogP contribution in [-0.4, -0.2) is 46.0 Å². The number of nitrogens with two attached hydrogens (primary N) is 1. The van der Waals surface area contributed by atoms with Gasteiger partial charge < -0.3 is 30.4 Å². The van der Waals surface area contributed by atoms with E-state index < -0.39 is 22.8 Å². The number of nitrogens with zero attached hydrogens (tertiary/aromatic N) is 2. The smallest absolute Gasteiger partial charge is 0.341 e. The Labute approximate surface area is 201 Å². The van der Waals surface area contributed by atoms with Crippen LogP contribution in [0.5, 0.6) is 11.5 Å². The minimum absolute atomic E-state index is 0.0843. The van der Waals surface area contributed by atoms with Crippen LogP contribution in [0.4, 0.5) is 10.1 Å². The van der Waals surface area contributed by atoms with Gasteiger partial charge in [-0.2, -0.15) is 0 Å². The number of carbonyl (C=O) groups is 2. The number of carbonyl (C=O) groups excluding carboxylic acids is 1. The van der Waals surface area contributed by atoms with Crippen molar-refractivity contribution in [1.82, 2.24) is 9.88 Å². The van der Waals surface area contributed by atoms with Gasteiger partial charge in [0.1, 0.15) is 16.8 Å². The Morgan fingerprint density at radius 2 is 2.12 bits per heavy atom. The maximum absolute atomic E-state index is 15.4. The van der Waals surface area contributed by atoms with Gasteiger partial charge in [-0.05, 0) is 30.2 Å². The number of aromatic carboxylic acids is 1. The molecular formula is C23H20BrFN4O5. The molecule has 3 aromatic rings. The average molecular weight is 531 g/mol. The molecule has 1 unspecified atom stereocenters. The van der Waals surface area contributed by atoms with E-state index in [2.05, 4.69) is 21.2 Å². The lowest BCUT2D eigenvalue weighted by Gasteiger charge is -2.29. The van der Waals surface area contributed by atoms with E-state index in [0.29, 0.717) is 36.5 Å². The number of ether oxygens (including phenoxy) is 1. The van der Waals surface area contributed by atoms with Crippen LogP contribution in [0.2, 0.25) is 0 Å². The molecule has 4 N–H and O–H groups in total. The first kappa shape index (κ1) is 22.4. The minimum Gasteiger partial charge on any atom is -0.477 e. The Bertz CT molecular complexity index is 1420. The van der Waals surface area contributed by atoms with Crippen molar-refractivity contribution < 1.29 is 23.8 Å². The van der Waals surface area contributed by atoms with Crippen molar-refractivity contribution in [3.05, 3.63) is 57.6 Å². The highest BCUT2D eigenvalue weighted by Crippen LogP contribution is 2.47. The van der Waals surface area contributed by atoms with Gasteiger partial charge in [-0.1, -0.05) is 22.0 Å². The van der Waals surface area contributed by atoms with E-state index in [1.807, 2.05) is 0 Å². The summed E-state index contributed by atoms with van der Waals surface area (Å²) in [6, 6.07) is 6.11. The fourth-order valence-electron chi connectivity index (χ4n) is 4.45. The first-order valence-electron chi connectivity index (χ1n) is 10.6. The molecule has 2 aliphatic heterocycles. The highest BCUT2D eigenvalue weighted by Gasteiger charge is 2.32. The normalized spacial score (nSPS) is 16.3. The fraction of sp³-hybridized carbons (Fsp3) is 0.261. The Hall–Kier alpha value is -3.44. The van der Waals surface area contributed by atoms with Crippen molar-refractivity contribution in [2.24, 2.45) is 5.73 Å². The molecule has 1 fully saturated rings. The van der Waals surface area contributed by atoms with E-state index in [9.17, 15) is 19.5 Å². The van der Waals surface area contributed by atoms with Crippen molar-refractivity contribution in [3.63, 3.8) is 0 Å². The lowest BCUT2D eigenvalue weighted by molar-refractivity contribution is -0.118. The Kier molecular flexibility index (Phi) is 5.53. The van der Waals surface area contributed by atoms with Gasteiger partial charge in [-0.25, -0.2) is 9.18 Å². The van der Waals surface area contributed by atoms with Crippen molar-refractivity contribution in [1.29, 1.82) is 0 Å². The van der Waals surface area contributed by atoms with E-state index in [4.69, 9.17) is 10.5 Å². The van der Waals surface area contributed by atoms with E-state index in [1.165, 1.54) is 6.20 Å². The number of aromatic nitrogens is 1. The Morgan fingerprint density at radius 1 is 1.32 bits per heavy atom. The van der Waals surface area contributed by atoms with Crippen LogP contribution in [0.25, 0.3) is 16.6 Å². The van der Waals surface area contributed by atoms with Gasteiger partial charge in [-0.3, -0.25) is 9.59 Å². The van der Waals surface area contributed by atoms with Gasteiger partial charge in [0.25, 0.3) is 0 Å². The number of alkyl halides is 1. The van der Waals surface area contributed by atoms with Crippen molar-refractivity contribution in [2.45, 2.75) is 19.0 Å². The first-order valence-corrected chi connectivity index (χ1v) is 11.7. The van der Waals surface area contributed by atoms with Gasteiger partial charge in [-0.15, -0.1) is 0 Å². The van der Waals surface area contributed by atoms with Gasteiger partial charge in [0.15, 0.2) is 17.3 Å². The van der Waals surface area contributed by atoms with Gasteiger partial charge in [0, 0.05) is 31.9 Å². The lowest BCUT2D eigenvalue weighted by Crippen LogP contribution is -2.28. The number of nitrogens with one attached hydrogen (secondary N) is 1. The number of benzene rings is 2. The molecule has 34 heavy (non-hydrogen) atoms. The summed E-state index contributed by atoms with van der Waals surface area (Å²) in [6.45, 7) is 1.18. The largest absolute Gasteiger partial charge is 0.477 e. The third-order valence-electron chi connectivity index (χ3n) is 6.05. The quantitative estimate of drug-likeness (QED) is 0.338. The minimum atomic E-state index is -1.41. The maximum atomic E-state index is 15.4. The first-order chi connectivity index (χ1) is 16.3. The summed E-state index contributed by atoms with van der Waals surface area (Å²) in [7, 11) is 0. The van der Waals surface area contributed by atoms with Crippen molar-refractivity contribution >= 4 is 44.4 Å². The zero-order valence-corrected chi connectivity index (χ0v) is 19.4. The summed E-state index contributed by atoms with van der Waals surface area (Å²) in [4.78, 5) is 38.1. The molecule has 2 aliphatic rings. The number of rotatable bonds is 5. The monoisotopic (exact) mass is 530 g/mol. The molecule has 5 rings (SSSR count). The molecule has 0 aliphatic carbocycles. The number of amides is 1. The molecule has 0 radical (unpaired) electrons. The van der Waals surface area contributed by atoms with Crippen molar-refractivity contribution in [3.8, 4) is 17.2 Å². The average Bonchev–Trinajstić information content (AvgIpc) is 3.24. The second kappa shape index (κ2) is 8.41. The van der Waals surface area contributed by atoms with Crippen LogP contribution in [-0.2, 0) is 11.3 Å². The third kappa shape index (κ3) is 3.61. The highest BCUT2D eigenvalue weighted by atomic mass is 79.9. The molecule has 176 valence electrons. The molecule has 1 amide bonds. The number of carboxylic acid groups (broad SMARTS) is 1. The van der Waals surface area contributed by atoms with Crippen LogP contribution < -0.4 is 26.1 Å². The predicted octanol–water partition coefficient (Wildman–Crippen LogP) is 2.48. The molecule has 2 aromatic carbocycles. The van der Waals surface area contributed by atoms with Crippen LogP contribution in [0, 0.1) is 5.82 Å². The summed E-state index contributed by atoms with van der Waals surface area (Å²) < 4.78 is 23.1. The summed E-state index contributed by atoms with van der Waals surface area (Å²) in [5, 5.41) is 12.4. The van der Waals surface area contributed by atoms with Crippen LogP contribution >= 0.6 is 15.9 Å².